The Morgan fingerprint density at radius 1 is 1.53 bits per heavy atom. The Balaban J connectivity index is 2.26. The summed E-state index contributed by atoms with van der Waals surface area (Å²) in [6.45, 7) is 2.01. The van der Waals surface area contributed by atoms with Gasteiger partial charge in [0, 0.05) is 4.88 Å². The van der Waals surface area contributed by atoms with Gasteiger partial charge in [-0.1, -0.05) is 5.16 Å². The van der Waals surface area contributed by atoms with Gasteiger partial charge in [0.1, 0.15) is 0 Å². The SMILES string of the molecule is CCOC(=O)C(=NO)c1cc2c(s1)CCCC2. The summed E-state index contributed by atoms with van der Waals surface area (Å²) in [7, 11) is 0. The zero-order valence-corrected chi connectivity index (χ0v) is 10.5. The number of esters is 1. The van der Waals surface area contributed by atoms with Gasteiger partial charge >= 0.3 is 5.97 Å². The number of hydrogen-bond donors (Lipinski definition) is 1. The minimum absolute atomic E-state index is 0.0197. The van der Waals surface area contributed by atoms with Crippen molar-refractivity contribution in [1.29, 1.82) is 0 Å². The number of rotatable bonds is 3. The van der Waals surface area contributed by atoms with Crippen LogP contribution in [0, 0.1) is 0 Å². The fourth-order valence-corrected chi connectivity index (χ4v) is 3.22. The molecule has 1 aromatic heterocycles. The van der Waals surface area contributed by atoms with Crippen molar-refractivity contribution < 1.29 is 14.7 Å². The molecule has 4 nitrogen and oxygen atoms in total. The largest absolute Gasteiger partial charge is 0.461 e. The third-order valence-electron chi connectivity index (χ3n) is 2.80. The molecule has 0 saturated carbocycles. The van der Waals surface area contributed by atoms with Crippen molar-refractivity contribution in [3.05, 3.63) is 21.4 Å². The van der Waals surface area contributed by atoms with E-state index in [1.807, 2.05) is 6.07 Å². The predicted molar refractivity (Wildman–Crippen MR) is 65.9 cm³/mol. The second kappa shape index (κ2) is 5.31. The summed E-state index contributed by atoms with van der Waals surface area (Å²) in [5.74, 6) is -0.561. The first-order chi connectivity index (χ1) is 8.26. The van der Waals surface area contributed by atoms with E-state index in [4.69, 9.17) is 9.94 Å². The molecule has 0 atom stereocenters. The Hall–Kier alpha value is -1.36. The molecule has 0 fully saturated rings. The third-order valence-corrected chi connectivity index (χ3v) is 4.04. The second-order valence-corrected chi connectivity index (χ2v) is 5.07. The topological polar surface area (TPSA) is 58.9 Å². The van der Waals surface area contributed by atoms with Gasteiger partial charge in [0.2, 0.25) is 5.71 Å². The normalized spacial score (nSPS) is 15.5. The lowest BCUT2D eigenvalue weighted by Gasteiger charge is -2.08. The first-order valence-electron chi connectivity index (χ1n) is 5.77. The molecular weight excluding hydrogens is 238 g/mol. The highest BCUT2D eigenvalue weighted by molar-refractivity contribution is 7.15. The summed E-state index contributed by atoms with van der Waals surface area (Å²) in [4.78, 5) is 13.6. The van der Waals surface area contributed by atoms with Crippen LogP contribution in [0.3, 0.4) is 0 Å². The van der Waals surface area contributed by atoms with Gasteiger partial charge in [0.15, 0.2) is 0 Å². The van der Waals surface area contributed by atoms with Crippen LogP contribution in [0.1, 0.15) is 35.1 Å². The monoisotopic (exact) mass is 253 g/mol. The van der Waals surface area contributed by atoms with Crippen LogP contribution in [0.4, 0.5) is 0 Å². The highest BCUT2D eigenvalue weighted by Crippen LogP contribution is 2.30. The van der Waals surface area contributed by atoms with Crippen molar-refractivity contribution in [3.8, 4) is 0 Å². The minimum Gasteiger partial charge on any atom is -0.461 e. The molecule has 0 unspecified atom stereocenters. The molecule has 0 spiro atoms. The van der Waals surface area contributed by atoms with Crippen LogP contribution in [0.5, 0.6) is 0 Å². The lowest BCUT2D eigenvalue weighted by molar-refractivity contribution is -0.135. The molecule has 1 N–H and O–H groups in total. The number of aryl methyl sites for hydroxylation is 2. The molecule has 0 amide bonds. The van der Waals surface area contributed by atoms with Crippen LogP contribution >= 0.6 is 11.3 Å². The number of carbonyl (C=O) groups is 1. The highest BCUT2D eigenvalue weighted by Gasteiger charge is 2.21. The van der Waals surface area contributed by atoms with E-state index in [9.17, 15) is 4.79 Å². The highest BCUT2D eigenvalue weighted by atomic mass is 32.1. The van der Waals surface area contributed by atoms with Crippen LogP contribution < -0.4 is 0 Å². The molecule has 1 aliphatic rings. The summed E-state index contributed by atoms with van der Waals surface area (Å²) in [6.07, 6.45) is 4.49. The maximum absolute atomic E-state index is 11.6. The fraction of sp³-hybridized carbons (Fsp3) is 0.500. The Morgan fingerprint density at radius 3 is 2.94 bits per heavy atom. The number of nitrogens with zero attached hydrogens (tertiary/aromatic N) is 1. The summed E-state index contributed by atoms with van der Waals surface area (Å²) >= 11 is 1.53. The Labute approximate surface area is 104 Å². The maximum atomic E-state index is 11.6. The van der Waals surface area contributed by atoms with Crippen LogP contribution in [-0.4, -0.2) is 23.5 Å². The Morgan fingerprint density at radius 2 is 2.29 bits per heavy atom. The van der Waals surface area contributed by atoms with E-state index in [1.54, 1.807) is 6.92 Å². The van der Waals surface area contributed by atoms with Gasteiger partial charge < -0.3 is 9.94 Å². The fourth-order valence-electron chi connectivity index (χ4n) is 2.00. The van der Waals surface area contributed by atoms with Crippen molar-refractivity contribution in [2.24, 2.45) is 5.16 Å². The van der Waals surface area contributed by atoms with Gasteiger partial charge in [-0.25, -0.2) is 4.79 Å². The summed E-state index contributed by atoms with van der Waals surface area (Å²) in [5, 5.41) is 12.0. The molecule has 92 valence electrons. The van der Waals surface area contributed by atoms with E-state index in [1.165, 1.54) is 34.6 Å². The van der Waals surface area contributed by atoms with Crippen LogP contribution in [-0.2, 0) is 22.4 Å². The van der Waals surface area contributed by atoms with Gasteiger partial charge in [0.25, 0.3) is 0 Å². The number of carbonyl (C=O) groups excluding carboxylic acids is 1. The Kier molecular flexibility index (Phi) is 3.78. The standard InChI is InChI=1S/C12H15NO3S/c1-2-16-12(14)11(13-15)10-7-8-5-3-4-6-9(8)17-10/h7,15H,2-6H2,1H3. The number of hydrogen-bond acceptors (Lipinski definition) is 5. The van der Waals surface area contributed by atoms with Crippen LogP contribution in [0.25, 0.3) is 0 Å². The number of ether oxygens (including phenoxy) is 1. The van der Waals surface area contributed by atoms with Crippen molar-refractivity contribution in [3.63, 3.8) is 0 Å². The van der Waals surface area contributed by atoms with E-state index in [2.05, 4.69) is 5.16 Å². The second-order valence-electron chi connectivity index (χ2n) is 3.94. The molecule has 2 rings (SSSR count). The zero-order chi connectivity index (χ0) is 12.3. The molecule has 1 aromatic rings. The molecule has 0 aliphatic heterocycles. The molecular formula is C12H15NO3S. The molecule has 1 heterocycles. The van der Waals surface area contributed by atoms with Gasteiger partial charge in [-0.3, -0.25) is 0 Å². The van der Waals surface area contributed by atoms with E-state index in [-0.39, 0.29) is 12.3 Å². The van der Waals surface area contributed by atoms with Gasteiger partial charge in [-0.05, 0) is 44.2 Å². The van der Waals surface area contributed by atoms with E-state index in [0.717, 1.165) is 12.8 Å². The van der Waals surface area contributed by atoms with Gasteiger partial charge in [-0.15, -0.1) is 11.3 Å². The summed E-state index contributed by atoms with van der Waals surface area (Å²) in [5.41, 5.74) is 1.30. The first-order valence-corrected chi connectivity index (χ1v) is 6.59. The number of fused-ring (bicyclic) bond motifs is 1. The molecule has 0 radical (unpaired) electrons. The predicted octanol–water partition coefficient (Wildman–Crippen LogP) is 2.37. The lowest BCUT2D eigenvalue weighted by Crippen LogP contribution is -2.17. The number of oxime groups is 1. The molecule has 0 aromatic carbocycles. The average molecular weight is 253 g/mol. The minimum atomic E-state index is -0.561. The van der Waals surface area contributed by atoms with E-state index >= 15 is 0 Å². The van der Waals surface area contributed by atoms with Crippen molar-refractivity contribution in [2.45, 2.75) is 32.6 Å². The molecule has 5 heteroatoms. The average Bonchev–Trinajstić information content (AvgIpc) is 2.73. The molecule has 0 bridgehead atoms. The van der Waals surface area contributed by atoms with Crippen molar-refractivity contribution in [2.75, 3.05) is 6.61 Å². The molecule has 0 saturated heterocycles. The van der Waals surface area contributed by atoms with Crippen LogP contribution in [0.2, 0.25) is 0 Å². The van der Waals surface area contributed by atoms with Crippen molar-refractivity contribution in [1.82, 2.24) is 0 Å². The number of thiophene rings is 1. The molecule has 17 heavy (non-hydrogen) atoms. The maximum Gasteiger partial charge on any atom is 0.361 e. The Bertz CT molecular complexity index is 427. The first kappa shape index (κ1) is 12.1. The molecule has 1 aliphatic carbocycles. The van der Waals surface area contributed by atoms with E-state index in [0.29, 0.717) is 4.88 Å². The van der Waals surface area contributed by atoms with Gasteiger partial charge in [0.05, 0.1) is 11.5 Å². The smallest absolute Gasteiger partial charge is 0.361 e. The van der Waals surface area contributed by atoms with Crippen LogP contribution in [0.15, 0.2) is 11.2 Å². The quantitative estimate of drug-likeness (QED) is 0.389. The van der Waals surface area contributed by atoms with Gasteiger partial charge in [-0.2, -0.15) is 0 Å². The van der Waals surface area contributed by atoms with E-state index < -0.39 is 5.97 Å². The lowest BCUT2D eigenvalue weighted by atomic mass is 9.99. The third kappa shape index (κ3) is 2.49. The van der Waals surface area contributed by atoms with Crippen molar-refractivity contribution >= 4 is 23.0 Å². The zero-order valence-electron chi connectivity index (χ0n) is 9.73. The summed E-state index contributed by atoms with van der Waals surface area (Å²) < 4.78 is 4.86. The summed E-state index contributed by atoms with van der Waals surface area (Å²) in [6, 6.07) is 1.95.